The quantitative estimate of drug-likeness (QED) is 0.746. The molecule has 0 aliphatic carbocycles. The van der Waals surface area contributed by atoms with Gasteiger partial charge in [-0.1, -0.05) is 0 Å². The summed E-state index contributed by atoms with van der Waals surface area (Å²) in [5.74, 6) is 0. The molecule has 1 saturated heterocycles. The van der Waals surface area contributed by atoms with E-state index in [2.05, 4.69) is 0 Å². The van der Waals surface area contributed by atoms with E-state index >= 15 is 0 Å². The number of hydrogen-bond acceptors (Lipinski definition) is 4. The maximum atomic E-state index is 12.3. The first-order valence-corrected chi connectivity index (χ1v) is 6.87. The van der Waals surface area contributed by atoms with Crippen molar-refractivity contribution in [3.8, 4) is 0 Å². The molecule has 1 fully saturated rings. The minimum atomic E-state index is -1.33. The Bertz CT molecular complexity index is 376. The zero-order chi connectivity index (χ0) is 15.6. The summed E-state index contributed by atoms with van der Waals surface area (Å²) < 4.78 is 23.2. The lowest BCUT2D eigenvalue weighted by Gasteiger charge is -2.35. The number of ether oxygens (including phenoxy) is 2. The Hall–Kier alpha value is -1.17. The average molecular weight is 289 g/mol. The van der Waals surface area contributed by atoms with Crippen LogP contribution in [0.1, 0.15) is 53.9 Å². The van der Waals surface area contributed by atoms with Gasteiger partial charge in [-0.3, -0.25) is 9.69 Å². The molecule has 0 aromatic carbocycles. The van der Waals surface area contributed by atoms with Crippen LogP contribution < -0.4 is 0 Å². The second kappa shape index (κ2) is 6.08. The molecule has 0 N–H and O–H groups in total. The van der Waals surface area contributed by atoms with Gasteiger partial charge in [-0.15, -0.1) is 0 Å². The molecule has 1 aliphatic heterocycles. The van der Waals surface area contributed by atoms with Crippen LogP contribution >= 0.6 is 0 Å². The zero-order valence-corrected chi connectivity index (χ0v) is 12.9. The maximum Gasteiger partial charge on any atom is 0.412 e. The molecular formula is C14H24FNO4. The summed E-state index contributed by atoms with van der Waals surface area (Å²) >= 11 is 0. The first-order valence-electron chi connectivity index (χ1n) is 6.87. The van der Waals surface area contributed by atoms with Crippen LogP contribution in [0.2, 0.25) is 0 Å². The van der Waals surface area contributed by atoms with Gasteiger partial charge in [0.05, 0.1) is 12.6 Å². The molecule has 0 saturated carbocycles. The highest BCUT2D eigenvalue weighted by atomic mass is 19.1. The van der Waals surface area contributed by atoms with Crippen molar-refractivity contribution in [2.45, 2.75) is 71.2 Å². The molecule has 0 aromatic rings. The zero-order valence-electron chi connectivity index (χ0n) is 12.9. The lowest BCUT2D eigenvalue weighted by Crippen LogP contribution is -2.49. The van der Waals surface area contributed by atoms with Crippen LogP contribution in [-0.2, 0) is 14.3 Å². The van der Waals surface area contributed by atoms with Gasteiger partial charge in [0.2, 0.25) is 0 Å². The normalized spacial score (nSPS) is 21.9. The fourth-order valence-electron chi connectivity index (χ4n) is 2.25. The van der Waals surface area contributed by atoms with E-state index in [0.29, 0.717) is 19.4 Å². The van der Waals surface area contributed by atoms with Crippen LogP contribution in [0.4, 0.5) is 9.18 Å². The fraction of sp³-hybridized carbons (Fsp3) is 0.857. The molecule has 1 atom stereocenters. The fourth-order valence-corrected chi connectivity index (χ4v) is 2.25. The van der Waals surface area contributed by atoms with Gasteiger partial charge in [0, 0.05) is 6.42 Å². The molecule has 5 nitrogen and oxygen atoms in total. The number of carbonyl (C=O) groups excluding carboxylic acids is 2. The second-order valence-corrected chi connectivity index (χ2v) is 6.51. The Morgan fingerprint density at radius 2 is 2.00 bits per heavy atom. The van der Waals surface area contributed by atoms with Crippen molar-refractivity contribution in [1.82, 2.24) is 4.90 Å². The number of rotatable bonds is 4. The van der Waals surface area contributed by atoms with Crippen LogP contribution in [-0.4, -0.2) is 41.0 Å². The number of hydrogen-bond donors (Lipinski definition) is 0. The minimum Gasteiger partial charge on any atom is -0.444 e. The van der Waals surface area contributed by atoms with Crippen molar-refractivity contribution in [2.24, 2.45) is 0 Å². The van der Waals surface area contributed by atoms with E-state index in [1.54, 1.807) is 39.5 Å². The highest BCUT2D eigenvalue weighted by Crippen LogP contribution is 2.31. The number of amides is 1. The van der Waals surface area contributed by atoms with Crippen molar-refractivity contribution in [1.29, 1.82) is 0 Å². The van der Waals surface area contributed by atoms with Crippen molar-refractivity contribution >= 4 is 12.1 Å². The van der Waals surface area contributed by atoms with Gasteiger partial charge in [0.15, 0.2) is 0 Å². The van der Waals surface area contributed by atoms with E-state index in [4.69, 9.17) is 9.47 Å². The number of halogens is 1. The smallest absolute Gasteiger partial charge is 0.412 e. The molecule has 0 unspecified atom stereocenters. The first kappa shape index (κ1) is 16.9. The summed E-state index contributed by atoms with van der Waals surface area (Å²) in [5.41, 5.74) is -1.35. The lowest BCUT2D eigenvalue weighted by atomic mass is 10.1. The Morgan fingerprint density at radius 1 is 1.40 bits per heavy atom. The van der Waals surface area contributed by atoms with Gasteiger partial charge in [-0.05, 0) is 47.5 Å². The Kier molecular flexibility index (Phi) is 5.13. The molecule has 116 valence electrons. The van der Waals surface area contributed by atoms with Gasteiger partial charge >= 0.3 is 12.1 Å². The standard InChI is InChI=1S/C14H24FNO4/c1-13(2,3)20-12(18)16-10(7-6-8-11(15)17)9-19-14(16,4)5/h10H,6-9H2,1-5H3/t10-/m0/s1. The Morgan fingerprint density at radius 3 is 2.50 bits per heavy atom. The van der Waals surface area contributed by atoms with Crippen LogP contribution in [0.3, 0.4) is 0 Å². The molecule has 0 spiro atoms. The third kappa shape index (κ3) is 4.74. The summed E-state index contributed by atoms with van der Waals surface area (Å²) in [6.07, 6.45) is 0.326. The number of nitrogens with zero attached hydrogens (tertiary/aromatic N) is 1. The molecular weight excluding hydrogens is 265 g/mol. The molecule has 0 aromatic heterocycles. The van der Waals surface area contributed by atoms with Gasteiger partial charge in [-0.25, -0.2) is 4.79 Å². The summed E-state index contributed by atoms with van der Waals surface area (Å²) in [6.45, 7) is 9.34. The molecule has 1 amide bonds. The van der Waals surface area contributed by atoms with Gasteiger partial charge in [0.25, 0.3) is 0 Å². The summed E-state index contributed by atoms with van der Waals surface area (Å²) in [6, 6.07) is -1.52. The maximum absolute atomic E-state index is 12.3. The summed E-state index contributed by atoms with van der Waals surface area (Å²) in [4.78, 5) is 24.2. The highest BCUT2D eigenvalue weighted by molar-refractivity contribution is 5.70. The number of carbonyl (C=O) groups is 2. The van der Waals surface area contributed by atoms with E-state index in [1.165, 1.54) is 0 Å². The monoisotopic (exact) mass is 289 g/mol. The predicted octanol–water partition coefficient (Wildman–Crippen LogP) is 3.02. The van der Waals surface area contributed by atoms with Crippen LogP contribution in [0.5, 0.6) is 0 Å². The molecule has 20 heavy (non-hydrogen) atoms. The molecule has 1 heterocycles. The van der Waals surface area contributed by atoms with Crippen LogP contribution in [0, 0.1) is 0 Å². The van der Waals surface area contributed by atoms with E-state index in [0.717, 1.165) is 0 Å². The van der Waals surface area contributed by atoms with Crippen molar-refractivity contribution in [3.63, 3.8) is 0 Å². The van der Waals surface area contributed by atoms with Gasteiger partial charge in [-0.2, -0.15) is 4.39 Å². The van der Waals surface area contributed by atoms with Gasteiger partial charge < -0.3 is 9.47 Å². The molecule has 6 heteroatoms. The van der Waals surface area contributed by atoms with E-state index < -0.39 is 23.5 Å². The molecule has 0 radical (unpaired) electrons. The summed E-state index contributed by atoms with van der Waals surface area (Å²) in [5, 5.41) is 0. The largest absolute Gasteiger partial charge is 0.444 e. The molecule has 1 aliphatic rings. The summed E-state index contributed by atoms with van der Waals surface area (Å²) in [7, 11) is 0. The molecule has 1 rings (SSSR count). The second-order valence-electron chi connectivity index (χ2n) is 6.51. The van der Waals surface area contributed by atoms with E-state index in [9.17, 15) is 14.0 Å². The topological polar surface area (TPSA) is 55.8 Å². The van der Waals surface area contributed by atoms with Crippen molar-refractivity contribution in [3.05, 3.63) is 0 Å². The third-order valence-corrected chi connectivity index (χ3v) is 3.08. The Labute approximate surface area is 119 Å². The first-order chi connectivity index (χ1) is 9.03. The molecule has 0 bridgehead atoms. The third-order valence-electron chi connectivity index (χ3n) is 3.08. The predicted molar refractivity (Wildman–Crippen MR) is 71.9 cm³/mol. The SMILES string of the molecule is CC(C)(C)OC(=O)N1[C@@H](CCCC(=O)F)COC1(C)C. The van der Waals surface area contributed by atoms with E-state index in [1.807, 2.05) is 0 Å². The van der Waals surface area contributed by atoms with Crippen LogP contribution in [0.25, 0.3) is 0 Å². The van der Waals surface area contributed by atoms with Gasteiger partial charge in [0.1, 0.15) is 11.3 Å². The Balaban J connectivity index is 2.70. The van der Waals surface area contributed by atoms with Crippen molar-refractivity contribution in [2.75, 3.05) is 6.61 Å². The van der Waals surface area contributed by atoms with E-state index in [-0.39, 0.29) is 12.5 Å². The lowest BCUT2D eigenvalue weighted by molar-refractivity contribution is -0.129. The minimum absolute atomic E-state index is 0.126. The van der Waals surface area contributed by atoms with Crippen LogP contribution in [0.15, 0.2) is 0 Å². The van der Waals surface area contributed by atoms with Crippen molar-refractivity contribution < 1.29 is 23.5 Å². The highest BCUT2D eigenvalue weighted by Gasteiger charge is 2.45. The average Bonchev–Trinajstić information content (AvgIpc) is 2.50.